The second-order valence-electron chi connectivity index (χ2n) is 8.47. The van der Waals surface area contributed by atoms with Crippen molar-refractivity contribution >= 4 is 28.9 Å². The zero-order valence-corrected chi connectivity index (χ0v) is 17.9. The maximum atomic E-state index is 12.6. The van der Waals surface area contributed by atoms with E-state index in [9.17, 15) is 14.4 Å². The molecule has 1 amide bonds. The zero-order chi connectivity index (χ0) is 21.8. The van der Waals surface area contributed by atoms with Gasteiger partial charge in [-0.25, -0.2) is 9.59 Å². The summed E-state index contributed by atoms with van der Waals surface area (Å²) < 4.78 is 11.8. The molecule has 0 spiro atoms. The molecule has 0 saturated heterocycles. The average Bonchev–Trinajstić information content (AvgIpc) is 2.97. The second kappa shape index (κ2) is 9.11. The van der Waals surface area contributed by atoms with Crippen LogP contribution in [0.25, 0.3) is 10.9 Å². The normalized spacial score (nSPS) is 12.7. The summed E-state index contributed by atoms with van der Waals surface area (Å²) in [5.74, 6) is -0.579. The average molecular weight is 402 g/mol. The summed E-state index contributed by atoms with van der Waals surface area (Å²) in [6, 6.07) is 6.53. The topological polar surface area (TPSA) is 86.6 Å². The first-order valence-corrected chi connectivity index (χ1v) is 9.71. The summed E-state index contributed by atoms with van der Waals surface area (Å²) in [5.41, 5.74) is 0.780. The molecule has 0 saturated carbocycles. The molecule has 0 unspecified atom stereocenters. The number of para-hydroxylation sites is 1. The molecule has 29 heavy (non-hydrogen) atoms. The van der Waals surface area contributed by atoms with E-state index in [0.29, 0.717) is 11.9 Å². The summed E-state index contributed by atoms with van der Waals surface area (Å²) in [4.78, 5) is 37.1. The molecular formula is C22H30N2O5. The van der Waals surface area contributed by atoms with Gasteiger partial charge in [0, 0.05) is 24.4 Å². The van der Waals surface area contributed by atoms with Gasteiger partial charge in [0.2, 0.25) is 5.91 Å². The van der Waals surface area contributed by atoms with Crippen molar-refractivity contribution in [2.75, 3.05) is 7.11 Å². The van der Waals surface area contributed by atoms with Crippen LogP contribution in [0.15, 0.2) is 30.5 Å². The van der Waals surface area contributed by atoms with Crippen LogP contribution in [0.1, 0.15) is 46.6 Å². The maximum Gasteiger partial charge on any atom is 0.419 e. The van der Waals surface area contributed by atoms with Crippen LogP contribution in [0.3, 0.4) is 0 Å². The van der Waals surface area contributed by atoms with Gasteiger partial charge in [0.05, 0.1) is 12.6 Å². The first-order chi connectivity index (χ1) is 13.5. The Balaban J connectivity index is 2.37. The van der Waals surface area contributed by atoms with Crippen molar-refractivity contribution in [3.8, 4) is 0 Å². The lowest BCUT2D eigenvalue weighted by Gasteiger charge is -2.19. The minimum Gasteiger partial charge on any atom is -0.467 e. The fourth-order valence-electron chi connectivity index (χ4n) is 3.05. The molecule has 0 radical (unpaired) electrons. The number of hydrogen-bond donors (Lipinski definition) is 1. The van der Waals surface area contributed by atoms with Gasteiger partial charge in [-0.15, -0.1) is 0 Å². The number of methoxy groups -OCH3 is 1. The van der Waals surface area contributed by atoms with Crippen molar-refractivity contribution < 1.29 is 23.9 Å². The molecule has 0 bridgehead atoms. The predicted molar refractivity (Wildman–Crippen MR) is 111 cm³/mol. The summed E-state index contributed by atoms with van der Waals surface area (Å²) >= 11 is 0. The molecule has 7 heteroatoms. The highest BCUT2D eigenvalue weighted by molar-refractivity contribution is 5.93. The Labute approximate surface area is 171 Å². The van der Waals surface area contributed by atoms with Crippen LogP contribution in [-0.2, 0) is 25.5 Å². The number of nitrogens with one attached hydrogen (secondary N) is 1. The maximum absolute atomic E-state index is 12.6. The molecule has 0 fully saturated rings. The van der Waals surface area contributed by atoms with Crippen molar-refractivity contribution in [1.82, 2.24) is 9.88 Å². The number of fused-ring (bicyclic) bond motifs is 1. The van der Waals surface area contributed by atoms with Gasteiger partial charge in [0.25, 0.3) is 0 Å². The van der Waals surface area contributed by atoms with Gasteiger partial charge in [-0.05, 0) is 38.3 Å². The van der Waals surface area contributed by atoms with Crippen molar-refractivity contribution in [2.24, 2.45) is 5.92 Å². The standard InChI is InChI=1S/C22H30N2O5/c1-14(2)11-19(25)23-17(20(26)28-6)12-15-13-24(21(27)29-22(3,4)5)18-10-8-7-9-16(15)18/h7-10,13-14,17H,11-12H2,1-6H3,(H,23,25)/t17-/m0/s1. The van der Waals surface area contributed by atoms with Gasteiger partial charge >= 0.3 is 12.1 Å². The highest BCUT2D eigenvalue weighted by Gasteiger charge is 2.26. The minimum atomic E-state index is -0.843. The van der Waals surface area contributed by atoms with Gasteiger partial charge in [-0.2, -0.15) is 0 Å². The van der Waals surface area contributed by atoms with E-state index in [0.717, 1.165) is 10.9 Å². The molecule has 158 valence electrons. The summed E-state index contributed by atoms with van der Waals surface area (Å²) in [6.45, 7) is 9.27. The number of ether oxygens (including phenoxy) is 2. The van der Waals surface area contributed by atoms with Crippen LogP contribution >= 0.6 is 0 Å². The van der Waals surface area contributed by atoms with Crippen molar-refractivity contribution in [2.45, 2.75) is 59.1 Å². The van der Waals surface area contributed by atoms with Gasteiger partial charge in [0.1, 0.15) is 11.6 Å². The molecule has 2 rings (SSSR count). The number of carbonyl (C=O) groups excluding carboxylic acids is 3. The summed E-state index contributed by atoms with van der Waals surface area (Å²) in [5, 5.41) is 3.56. The number of rotatable bonds is 6. The van der Waals surface area contributed by atoms with E-state index < -0.39 is 23.7 Å². The fraction of sp³-hybridized carbons (Fsp3) is 0.500. The van der Waals surface area contributed by atoms with Gasteiger partial charge in [-0.1, -0.05) is 32.0 Å². The fourth-order valence-corrected chi connectivity index (χ4v) is 3.05. The van der Waals surface area contributed by atoms with Crippen LogP contribution < -0.4 is 5.32 Å². The predicted octanol–water partition coefficient (Wildman–Crippen LogP) is 3.67. The molecule has 0 aliphatic rings. The first-order valence-electron chi connectivity index (χ1n) is 9.71. The Kier molecular flexibility index (Phi) is 7.06. The zero-order valence-electron chi connectivity index (χ0n) is 17.9. The molecule has 2 aromatic rings. The highest BCUT2D eigenvalue weighted by atomic mass is 16.6. The Morgan fingerprint density at radius 3 is 2.38 bits per heavy atom. The third-order valence-corrected chi connectivity index (χ3v) is 4.22. The van der Waals surface area contributed by atoms with E-state index in [4.69, 9.17) is 9.47 Å². The van der Waals surface area contributed by atoms with Crippen LogP contribution in [0, 0.1) is 5.92 Å². The van der Waals surface area contributed by atoms with Gasteiger partial charge < -0.3 is 14.8 Å². The van der Waals surface area contributed by atoms with E-state index in [1.807, 2.05) is 38.1 Å². The number of esters is 1. The second-order valence-corrected chi connectivity index (χ2v) is 8.47. The number of carbonyl (C=O) groups is 3. The SMILES string of the molecule is COC(=O)[C@H](Cc1cn(C(=O)OC(C)(C)C)c2ccccc12)NC(=O)CC(C)C. The van der Waals surface area contributed by atoms with Crippen molar-refractivity contribution in [1.29, 1.82) is 0 Å². The first kappa shape index (κ1) is 22.5. The van der Waals surface area contributed by atoms with Crippen molar-refractivity contribution in [3.63, 3.8) is 0 Å². The van der Waals surface area contributed by atoms with Crippen LogP contribution in [0.5, 0.6) is 0 Å². The quantitative estimate of drug-likeness (QED) is 0.745. The van der Waals surface area contributed by atoms with Crippen molar-refractivity contribution in [3.05, 3.63) is 36.0 Å². The van der Waals surface area contributed by atoms with Gasteiger partial charge in [-0.3, -0.25) is 9.36 Å². The minimum absolute atomic E-state index is 0.169. The number of benzene rings is 1. The molecule has 0 aliphatic carbocycles. The third-order valence-electron chi connectivity index (χ3n) is 4.22. The molecule has 1 heterocycles. The molecule has 1 aromatic heterocycles. The monoisotopic (exact) mass is 402 g/mol. The third kappa shape index (κ3) is 6.07. The van der Waals surface area contributed by atoms with Crippen LogP contribution in [-0.4, -0.2) is 41.3 Å². The van der Waals surface area contributed by atoms with Crippen LogP contribution in [0.2, 0.25) is 0 Å². The Morgan fingerprint density at radius 1 is 1.14 bits per heavy atom. The summed E-state index contributed by atoms with van der Waals surface area (Å²) in [6.07, 6.45) is 1.67. The number of hydrogen-bond acceptors (Lipinski definition) is 5. The Morgan fingerprint density at radius 2 is 1.79 bits per heavy atom. The highest BCUT2D eigenvalue weighted by Crippen LogP contribution is 2.24. The molecule has 0 aliphatic heterocycles. The lowest BCUT2D eigenvalue weighted by Crippen LogP contribution is -2.43. The molecule has 1 aromatic carbocycles. The summed E-state index contributed by atoms with van der Waals surface area (Å²) in [7, 11) is 1.29. The number of nitrogens with zero attached hydrogens (tertiary/aromatic N) is 1. The van der Waals surface area contributed by atoms with E-state index in [-0.39, 0.29) is 18.2 Å². The molecule has 1 N–H and O–H groups in total. The molecule has 1 atom stereocenters. The Bertz CT molecular complexity index is 892. The lowest BCUT2D eigenvalue weighted by atomic mass is 10.0. The Hall–Kier alpha value is -2.83. The van der Waals surface area contributed by atoms with Gasteiger partial charge in [0.15, 0.2) is 0 Å². The molecular weight excluding hydrogens is 372 g/mol. The van der Waals surface area contributed by atoms with Crippen LogP contribution in [0.4, 0.5) is 4.79 Å². The van der Waals surface area contributed by atoms with E-state index in [1.165, 1.54) is 11.7 Å². The smallest absolute Gasteiger partial charge is 0.419 e. The van der Waals surface area contributed by atoms with E-state index in [1.54, 1.807) is 27.0 Å². The molecule has 7 nitrogen and oxygen atoms in total. The van der Waals surface area contributed by atoms with E-state index in [2.05, 4.69) is 5.32 Å². The van der Waals surface area contributed by atoms with E-state index >= 15 is 0 Å². The lowest BCUT2D eigenvalue weighted by molar-refractivity contribution is -0.145. The number of amides is 1. The largest absolute Gasteiger partial charge is 0.467 e. The number of aromatic nitrogens is 1.